The molecule has 0 aromatic heterocycles. The summed E-state index contributed by atoms with van der Waals surface area (Å²) >= 11 is 0. The second kappa shape index (κ2) is 13.7. The van der Waals surface area contributed by atoms with Crippen LogP contribution in [0.4, 0.5) is 0 Å². The molecular weight excluding hydrogens is 450 g/mol. The van der Waals surface area contributed by atoms with E-state index in [4.69, 9.17) is 0 Å². The number of rotatable bonds is 18. The van der Waals surface area contributed by atoms with Gasteiger partial charge in [0, 0.05) is 24.1 Å². The first-order chi connectivity index (χ1) is 17.7. The van der Waals surface area contributed by atoms with Crippen LogP contribution in [0.25, 0.3) is 0 Å². The van der Waals surface area contributed by atoms with Gasteiger partial charge in [0.25, 0.3) is 0 Å². The van der Waals surface area contributed by atoms with Crippen LogP contribution in [0.5, 0.6) is 0 Å². The summed E-state index contributed by atoms with van der Waals surface area (Å²) in [5, 5.41) is 10.7. The van der Waals surface area contributed by atoms with Gasteiger partial charge in [-0.3, -0.25) is 0 Å². The van der Waals surface area contributed by atoms with Crippen molar-refractivity contribution in [1.29, 1.82) is 0 Å². The van der Waals surface area contributed by atoms with E-state index in [-0.39, 0.29) is 12.1 Å². The van der Waals surface area contributed by atoms with Crippen molar-refractivity contribution in [3.8, 4) is 0 Å². The second-order valence-electron chi connectivity index (χ2n) is 11.5. The van der Waals surface area contributed by atoms with Crippen LogP contribution in [0.2, 0.25) is 0 Å². The van der Waals surface area contributed by atoms with E-state index < -0.39 is 0 Å². The molecule has 2 aliphatic rings. The minimum atomic E-state index is 0.196. The van der Waals surface area contributed by atoms with Crippen LogP contribution in [0.15, 0.2) is 85.4 Å². The predicted octanol–water partition coefficient (Wildman–Crippen LogP) is 7.60. The van der Waals surface area contributed by atoms with Crippen LogP contribution in [-0.4, -0.2) is 19.1 Å². The Morgan fingerprint density at radius 1 is 0.973 bits per heavy atom. The first kappa shape index (κ1) is 28.9. The zero-order chi connectivity index (χ0) is 26.9. The lowest BCUT2D eigenvalue weighted by Crippen LogP contribution is -2.37. The van der Waals surface area contributed by atoms with E-state index in [2.05, 4.69) is 87.0 Å². The Morgan fingerprint density at radius 2 is 1.62 bits per heavy atom. The van der Waals surface area contributed by atoms with E-state index in [0.717, 1.165) is 67.1 Å². The Balaban J connectivity index is 1.65. The van der Waals surface area contributed by atoms with Crippen molar-refractivity contribution in [3.63, 3.8) is 0 Å². The summed E-state index contributed by atoms with van der Waals surface area (Å²) in [6, 6.07) is 9.32. The van der Waals surface area contributed by atoms with Gasteiger partial charge in [0.05, 0.1) is 12.1 Å². The van der Waals surface area contributed by atoms with E-state index >= 15 is 0 Å². The minimum absolute atomic E-state index is 0.196. The molecule has 3 atom stereocenters. The van der Waals surface area contributed by atoms with Gasteiger partial charge in [-0.25, -0.2) is 0 Å². The highest BCUT2D eigenvalue weighted by Gasteiger charge is 2.31. The van der Waals surface area contributed by atoms with Crippen molar-refractivity contribution in [2.24, 2.45) is 17.8 Å². The summed E-state index contributed by atoms with van der Waals surface area (Å²) in [6.45, 7) is 26.2. The highest BCUT2D eigenvalue weighted by molar-refractivity contribution is 5.34. The summed E-state index contributed by atoms with van der Waals surface area (Å²) in [7, 11) is 1.92. The number of hydrogen-bond acceptors (Lipinski definition) is 3. The van der Waals surface area contributed by atoms with Crippen molar-refractivity contribution in [2.45, 2.75) is 90.1 Å². The molecule has 3 nitrogen and oxygen atoms in total. The Morgan fingerprint density at radius 3 is 2.16 bits per heavy atom. The van der Waals surface area contributed by atoms with Crippen LogP contribution in [0, 0.1) is 17.8 Å². The maximum atomic E-state index is 4.61. The van der Waals surface area contributed by atoms with Crippen molar-refractivity contribution < 1.29 is 0 Å². The fourth-order valence-corrected chi connectivity index (χ4v) is 5.79. The molecule has 3 unspecified atom stereocenters. The average Bonchev–Trinajstić information content (AvgIpc) is 3.60. The van der Waals surface area contributed by atoms with Crippen LogP contribution >= 0.6 is 0 Å². The monoisotopic (exact) mass is 501 g/mol. The molecule has 2 aliphatic carbocycles. The maximum absolute atomic E-state index is 4.61. The van der Waals surface area contributed by atoms with Gasteiger partial charge in [0.2, 0.25) is 0 Å². The van der Waals surface area contributed by atoms with Crippen LogP contribution in [0.3, 0.4) is 0 Å². The largest absolute Gasteiger partial charge is 0.388 e. The molecule has 0 heterocycles. The molecule has 0 bridgehead atoms. The van der Waals surface area contributed by atoms with Crippen molar-refractivity contribution in [2.75, 3.05) is 7.05 Å². The van der Waals surface area contributed by atoms with Gasteiger partial charge >= 0.3 is 0 Å². The number of unbranched alkanes of at least 4 members (excludes halogenated alkanes) is 1. The summed E-state index contributed by atoms with van der Waals surface area (Å²) in [5.74, 6) is 1.74. The molecular formula is C34H51N3. The topological polar surface area (TPSA) is 36.1 Å². The third kappa shape index (κ3) is 8.42. The first-order valence-corrected chi connectivity index (χ1v) is 14.4. The molecule has 3 heteroatoms. The van der Waals surface area contributed by atoms with E-state index in [1.54, 1.807) is 0 Å². The maximum Gasteiger partial charge on any atom is 0.0527 e. The van der Waals surface area contributed by atoms with Gasteiger partial charge in [-0.1, -0.05) is 95.3 Å². The number of hydrogen-bond donors (Lipinski definition) is 3. The average molecular weight is 502 g/mol. The van der Waals surface area contributed by atoms with Gasteiger partial charge in [0.1, 0.15) is 0 Å². The van der Waals surface area contributed by atoms with E-state index in [1.165, 1.54) is 42.4 Å². The SMILES string of the molecule is C=C(C)NC(C(=C)CCC(CCCC)C(=C)NC(CC1CC1)C(=C)C(=C)NC)C1Cc2ccccc2C1. The Bertz CT molecular complexity index is 958. The second-order valence-corrected chi connectivity index (χ2v) is 11.5. The van der Waals surface area contributed by atoms with Crippen LogP contribution < -0.4 is 16.0 Å². The third-order valence-electron chi connectivity index (χ3n) is 8.34. The number of benzene rings is 1. The predicted molar refractivity (Wildman–Crippen MR) is 161 cm³/mol. The lowest BCUT2D eigenvalue weighted by atomic mass is 9.85. The Labute approximate surface area is 227 Å². The molecule has 1 fully saturated rings. The van der Waals surface area contributed by atoms with E-state index in [1.807, 2.05) is 7.05 Å². The van der Waals surface area contributed by atoms with Gasteiger partial charge in [0.15, 0.2) is 0 Å². The Kier molecular flexibility index (Phi) is 10.7. The highest BCUT2D eigenvalue weighted by Crippen LogP contribution is 2.37. The van der Waals surface area contributed by atoms with Gasteiger partial charge < -0.3 is 16.0 Å². The molecule has 0 saturated heterocycles. The van der Waals surface area contributed by atoms with Crippen molar-refractivity contribution in [1.82, 2.24) is 16.0 Å². The molecule has 1 aromatic rings. The van der Waals surface area contributed by atoms with Gasteiger partial charge in [-0.05, 0) is 79.9 Å². The molecule has 1 saturated carbocycles. The number of nitrogens with one attached hydrogen (secondary N) is 3. The molecule has 0 spiro atoms. The number of allylic oxidation sites excluding steroid dienone is 2. The summed E-state index contributed by atoms with van der Waals surface area (Å²) in [5.41, 5.74) is 8.39. The standard InChI is InChI=1S/C34H51N3/c1-9-10-13-29(27(7)37-33(20-28-17-18-28)25(5)26(6)35-8)19-16-24(4)34(36-23(2)3)32-21-30-14-11-12-15-31(30)22-32/h11-12,14-15,28-29,32-37H,2,4-7,9-10,13,16-22H2,1,3,8H3. The van der Waals surface area contributed by atoms with E-state index in [0.29, 0.717) is 11.8 Å². The van der Waals surface area contributed by atoms with E-state index in [9.17, 15) is 0 Å². The molecule has 0 aliphatic heterocycles. The summed E-state index contributed by atoms with van der Waals surface area (Å²) in [4.78, 5) is 0. The highest BCUT2D eigenvalue weighted by atomic mass is 15.0. The molecule has 3 N–H and O–H groups in total. The molecule has 0 radical (unpaired) electrons. The van der Waals surface area contributed by atoms with Crippen LogP contribution in [-0.2, 0) is 12.8 Å². The summed E-state index contributed by atoms with van der Waals surface area (Å²) < 4.78 is 0. The zero-order valence-electron chi connectivity index (χ0n) is 23.8. The lowest BCUT2D eigenvalue weighted by molar-refractivity contribution is 0.401. The van der Waals surface area contributed by atoms with Crippen LogP contribution in [0.1, 0.15) is 76.3 Å². The number of likely N-dealkylation sites (N-methyl/N-ethyl adjacent to an activating group) is 1. The van der Waals surface area contributed by atoms with Gasteiger partial charge in [-0.2, -0.15) is 0 Å². The summed E-state index contributed by atoms with van der Waals surface area (Å²) in [6.07, 6.45) is 11.6. The van der Waals surface area contributed by atoms with Gasteiger partial charge in [-0.15, -0.1) is 0 Å². The fraction of sp³-hybridized carbons (Fsp3) is 0.529. The molecule has 37 heavy (non-hydrogen) atoms. The van der Waals surface area contributed by atoms with Crippen molar-refractivity contribution in [3.05, 3.63) is 96.5 Å². The normalized spacial score (nSPS) is 17.3. The first-order valence-electron chi connectivity index (χ1n) is 14.4. The molecule has 0 amide bonds. The molecule has 1 aromatic carbocycles. The zero-order valence-corrected chi connectivity index (χ0v) is 23.8. The third-order valence-corrected chi connectivity index (χ3v) is 8.34. The molecule has 202 valence electrons. The molecule has 3 rings (SSSR count). The lowest BCUT2D eigenvalue weighted by Gasteiger charge is -2.31. The Hall–Kier alpha value is -2.68. The number of fused-ring (bicyclic) bond motifs is 1. The fourth-order valence-electron chi connectivity index (χ4n) is 5.79. The minimum Gasteiger partial charge on any atom is -0.388 e. The quantitative estimate of drug-likeness (QED) is 0.143. The smallest absolute Gasteiger partial charge is 0.0527 e. The van der Waals surface area contributed by atoms with Crippen molar-refractivity contribution >= 4 is 0 Å².